The number of halogens is 1. The maximum atomic E-state index is 10.8. The average molecular weight is 246 g/mol. The summed E-state index contributed by atoms with van der Waals surface area (Å²) in [6, 6.07) is 1.16. The number of methoxy groups -OCH3 is 2. The number of ether oxygens (including phenoxy) is 2. The first-order chi connectivity index (χ1) is 7.56. The maximum absolute atomic E-state index is 10.8. The molecule has 16 heavy (non-hydrogen) atoms. The highest BCUT2D eigenvalue weighted by molar-refractivity contribution is 6.32. The Morgan fingerprint density at radius 2 is 1.94 bits per heavy atom. The van der Waals surface area contributed by atoms with Gasteiger partial charge in [-0.05, 0) is 6.07 Å². The van der Waals surface area contributed by atoms with E-state index in [9.17, 15) is 14.9 Å². The molecule has 0 aromatic heterocycles. The van der Waals surface area contributed by atoms with Gasteiger partial charge >= 0.3 is 5.69 Å². The number of rotatable bonds is 4. The normalized spacial score (nSPS) is 9.69. The summed E-state index contributed by atoms with van der Waals surface area (Å²) in [6.07, 6.45) is 0.339. The Hall–Kier alpha value is -1.82. The molecule has 0 radical (unpaired) electrons. The molecule has 0 aliphatic carbocycles. The van der Waals surface area contributed by atoms with Crippen molar-refractivity contribution in [3.05, 3.63) is 26.8 Å². The molecule has 0 atom stereocenters. The van der Waals surface area contributed by atoms with Crippen LogP contribution in [0.25, 0.3) is 0 Å². The van der Waals surface area contributed by atoms with Crippen LogP contribution in [0, 0.1) is 10.1 Å². The smallest absolute Gasteiger partial charge is 0.325 e. The van der Waals surface area contributed by atoms with Crippen LogP contribution in [-0.4, -0.2) is 25.4 Å². The number of carbonyl (C=O) groups excluding carboxylic acids is 1. The molecule has 0 saturated carbocycles. The molecule has 0 unspecified atom stereocenters. The van der Waals surface area contributed by atoms with Gasteiger partial charge in [0.05, 0.1) is 29.7 Å². The van der Waals surface area contributed by atoms with E-state index in [0.717, 1.165) is 6.07 Å². The highest BCUT2D eigenvalue weighted by Gasteiger charge is 2.27. The zero-order valence-corrected chi connectivity index (χ0v) is 9.28. The molecular formula is C9H8ClNO5. The van der Waals surface area contributed by atoms with Gasteiger partial charge in [-0.15, -0.1) is 0 Å². The number of carbonyl (C=O) groups is 1. The molecule has 1 aromatic carbocycles. The molecule has 0 spiro atoms. The minimum atomic E-state index is -0.721. The Morgan fingerprint density at radius 3 is 2.31 bits per heavy atom. The van der Waals surface area contributed by atoms with Gasteiger partial charge < -0.3 is 9.47 Å². The maximum Gasteiger partial charge on any atom is 0.325 e. The fourth-order valence-corrected chi connectivity index (χ4v) is 1.56. The number of aldehydes is 1. The minimum absolute atomic E-state index is 0.0291. The van der Waals surface area contributed by atoms with Crippen molar-refractivity contribution in [1.29, 1.82) is 0 Å². The predicted molar refractivity (Wildman–Crippen MR) is 56.6 cm³/mol. The molecule has 0 heterocycles. The highest BCUT2D eigenvalue weighted by Crippen LogP contribution is 2.43. The number of nitrogens with zero attached hydrogens (tertiary/aromatic N) is 1. The van der Waals surface area contributed by atoms with Gasteiger partial charge in [0.1, 0.15) is 0 Å². The lowest BCUT2D eigenvalue weighted by Gasteiger charge is -2.10. The summed E-state index contributed by atoms with van der Waals surface area (Å²) in [7, 11) is 2.53. The number of nitro groups is 1. The summed E-state index contributed by atoms with van der Waals surface area (Å²) in [6.45, 7) is 0. The van der Waals surface area contributed by atoms with Crippen molar-refractivity contribution in [1.82, 2.24) is 0 Å². The van der Waals surface area contributed by atoms with Crippen molar-refractivity contribution in [2.75, 3.05) is 14.2 Å². The van der Waals surface area contributed by atoms with Crippen LogP contribution in [0.3, 0.4) is 0 Å². The van der Waals surface area contributed by atoms with Crippen molar-refractivity contribution < 1.29 is 19.2 Å². The quantitative estimate of drug-likeness (QED) is 0.461. The van der Waals surface area contributed by atoms with Gasteiger partial charge in [0.25, 0.3) is 0 Å². The summed E-state index contributed by atoms with van der Waals surface area (Å²) in [5.74, 6) is -0.136. The molecule has 0 N–H and O–H groups in total. The molecule has 0 saturated heterocycles. The molecule has 1 rings (SSSR count). The van der Waals surface area contributed by atoms with E-state index in [1.54, 1.807) is 0 Å². The second-order valence-corrected chi connectivity index (χ2v) is 3.14. The Morgan fingerprint density at radius 1 is 1.38 bits per heavy atom. The lowest BCUT2D eigenvalue weighted by atomic mass is 10.1. The van der Waals surface area contributed by atoms with Crippen LogP contribution in [0.1, 0.15) is 10.4 Å². The first-order valence-electron chi connectivity index (χ1n) is 4.10. The lowest BCUT2D eigenvalue weighted by molar-refractivity contribution is -0.386. The van der Waals surface area contributed by atoms with Gasteiger partial charge in [0.15, 0.2) is 12.0 Å². The number of nitro benzene ring substituents is 1. The van der Waals surface area contributed by atoms with E-state index in [4.69, 9.17) is 21.1 Å². The van der Waals surface area contributed by atoms with E-state index in [2.05, 4.69) is 0 Å². The van der Waals surface area contributed by atoms with Crippen LogP contribution < -0.4 is 9.47 Å². The third-order valence-electron chi connectivity index (χ3n) is 1.91. The van der Waals surface area contributed by atoms with Gasteiger partial charge in [0, 0.05) is 0 Å². The number of benzene rings is 1. The number of hydrogen-bond donors (Lipinski definition) is 0. The first-order valence-corrected chi connectivity index (χ1v) is 4.48. The highest BCUT2D eigenvalue weighted by atomic mass is 35.5. The van der Waals surface area contributed by atoms with Crippen LogP contribution >= 0.6 is 11.6 Å². The fraction of sp³-hybridized carbons (Fsp3) is 0.222. The number of hydrogen-bond acceptors (Lipinski definition) is 5. The standard InChI is InChI=1S/C9H8ClNO5/c1-15-8-6(10)3-5(4-12)7(11(13)14)9(8)16-2/h3-4H,1-2H3. The molecule has 0 aliphatic rings. The molecule has 0 amide bonds. The zero-order valence-electron chi connectivity index (χ0n) is 8.52. The van der Waals surface area contributed by atoms with E-state index < -0.39 is 10.6 Å². The summed E-state index contributed by atoms with van der Waals surface area (Å²) < 4.78 is 9.72. The third kappa shape index (κ3) is 1.92. The van der Waals surface area contributed by atoms with Crippen LogP contribution in [0.15, 0.2) is 6.07 Å². The zero-order chi connectivity index (χ0) is 12.3. The predicted octanol–water partition coefficient (Wildman–Crippen LogP) is 2.08. The van der Waals surface area contributed by atoms with Crippen molar-refractivity contribution in [3.63, 3.8) is 0 Å². The summed E-state index contributed by atoms with van der Waals surface area (Å²) in [5.41, 5.74) is -0.619. The summed E-state index contributed by atoms with van der Waals surface area (Å²) >= 11 is 5.78. The average Bonchev–Trinajstić information content (AvgIpc) is 2.26. The van der Waals surface area contributed by atoms with Gasteiger partial charge in [0.2, 0.25) is 5.75 Å². The van der Waals surface area contributed by atoms with E-state index in [1.165, 1.54) is 14.2 Å². The molecule has 86 valence electrons. The van der Waals surface area contributed by atoms with Crippen molar-refractivity contribution >= 4 is 23.6 Å². The van der Waals surface area contributed by atoms with Crippen molar-refractivity contribution in [2.24, 2.45) is 0 Å². The van der Waals surface area contributed by atoms with Gasteiger partial charge in [-0.2, -0.15) is 0 Å². The van der Waals surface area contributed by atoms with Crippen LogP contribution in [0.2, 0.25) is 5.02 Å². The molecule has 0 fully saturated rings. The second-order valence-electron chi connectivity index (χ2n) is 2.74. The second kappa shape index (κ2) is 4.80. The monoisotopic (exact) mass is 245 g/mol. The SMILES string of the molecule is COc1c(Cl)cc(C=O)c([N+](=O)[O-])c1OC. The van der Waals surface area contributed by atoms with E-state index in [-0.39, 0.29) is 22.1 Å². The van der Waals surface area contributed by atoms with Crippen LogP contribution in [-0.2, 0) is 0 Å². The minimum Gasteiger partial charge on any atom is -0.491 e. The molecule has 1 aromatic rings. The first kappa shape index (κ1) is 12.3. The van der Waals surface area contributed by atoms with E-state index >= 15 is 0 Å². The Labute approximate surface area is 95.9 Å². The molecular weight excluding hydrogens is 238 g/mol. The van der Waals surface area contributed by atoms with Crippen LogP contribution in [0.5, 0.6) is 11.5 Å². The Bertz CT molecular complexity index is 446. The fourth-order valence-electron chi connectivity index (χ4n) is 1.28. The van der Waals surface area contributed by atoms with Gasteiger partial charge in [-0.25, -0.2) is 0 Å². The summed E-state index contributed by atoms with van der Waals surface area (Å²) in [4.78, 5) is 20.8. The van der Waals surface area contributed by atoms with Gasteiger partial charge in [-0.3, -0.25) is 14.9 Å². The largest absolute Gasteiger partial charge is 0.491 e. The van der Waals surface area contributed by atoms with E-state index in [0.29, 0.717) is 6.29 Å². The molecule has 7 heteroatoms. The van der Waals surface area contributed by atoms with Crippen LogP contribution in [0.4, 0.5) is 5.69 Å². The van der Waals surface area contributed by atoms with Crippen molar-refractivity contribution in [3.8, 4) is 11.5 Å². The molecule has 0 bridgehead atoms. The Kier molecular flexibility index (Phi) is 3.68. The van der Waals surface area contributed by atoms with E-state index in [1.807, 2.05) is 0 Å². The Balaban J connectivity index is 3.65. The molecule has 6 nitrogen and oxygen atoms in total. The lowest BCUT2D eigenvalue weighted by Crippen LogP contribution is -2.01. The van der Waals surface area contributed by atoms with Crippen molar-refractivity contribution in [2.45, 2.75) is 0 Å². The topological polar surface area (TPSA) is 78.7 Å². The molecule has 0 aliphatic heterocycles. The summed E-state index contributed by atoms with van der Waals surface area (Å²) in [5, 5.41) is 10.9. The third-order valence-corrected chi connectivity index (χ3v) is 2.19. The van der Waals surface area contributed by atoms with Gasteiger partial charge in [-0.1, -0.05) is 11.6 Å².